The van der Waals surface area contributed by atoms with Crippen LogP contribution in [-0.4, -0.2) is 62.1 Å². The summed E-state index contributed by atoms with van der Waals surface area (Å²) in [7, 11) is 0. The van der Waals surface area contributed by atoms with E-state index in [0.717, 1.165) is 61.0 Å². The van der Waals surface area contributed by atoms with Crippen LogP contribution in [0.15, 0.2) is 18.5 Å². The Morgan fingerprint density at radius 1 is 1.12 bits per heavy atom. The molecular weight excluding hydrogens is 420 g/mol. The predicted molar refractivity (Wildman–Crippen MR) is 125 cm³/mol. The molecule has 4 heterocycles. The van der Waals surface area contributed by atoms with Crippen LogP contribution in [0.5, 0.6) is 0 Å². The maximum Gasteiger partial charge on any atom is 0.354 e. The highest BCUT2D eigenvalue weighted by molar-refractivity contribution is 5.99. The topological polar surface area (TPSA) is 106 Å². The smallest absolute Gasteiger partial charge is 0.354 e. The Morgan fingerprint density at radius 2 is 1.79 bits per heavy atom. The number of aromatic carboxylic acids is 1. The highest BCUT2D eigenvalue weighted by Crippen LogP contribution is 2.39. The highest BCUT2D eigenvalue weighted by Gasteiger charge is 2.30. The maximum absolute atomic E-state index is 12.0. The van der Waals surface area contributed by atoms with Crippen LogP contribution >= 0.6 is 0 Å². The number of nitrogens with zero attached hydrogens (tertiary/aromatic N) is 6. The quantitative estimate of drug-likeness (QED) is 0.639. The Kier molecular flexibility index (Phi) is 5.52. The molecule has 5 rings (SSSR count). The van der Waals surface area contributed by atoms with E-state index in [0.29, 0.717) is 24.8 Å². The number of anilines is 1. The molecule has 0 aromatic carbocycles. The van der Waals surface area contributed by atoms with Gasteiger partial charge in [0.25, 0.3) is 0 Å². The average Bonchev–Trinajstić information content (AvgIpc) is 3.47. The van der Waals surface area contributed by atoms with Crippen LogP contribution in [0.1, 0.15) is 68.7 Å². The van der Waals surface area contributed by atoms with E-state index in [2.05, 4.69) is 40.6 Å². The second-order valence-electron chi connectivity index (χ2n) is 9.91. The number of carboxylic acids is 1. The average molecular weight is 451 g/mol. The van der Waals surface area contributed by atoms with Gasteiger partial charge in [-0.25, -0.2) is 24.4 Å². The lowest BCUT2D eigenvalue weighted by Gasteiger charge is -2.26. The molecule has 1 saturated carbocycles. The summed E-state index contributed by atoms with van der Waals surface area (Å²) in [4.78, 5) is 27.8. The lowest BCUT2D eigenvalue weighted by molar-refractivity contribution is 0.0691. The number of carbonyl (C=O) groups is 1. The lowest BCUT2D eigenvalue weighted by atomic mass is 9.88. The van der Waals surface area contributed by atoms with Crippen molar-refractivity contribution >= 4 is 23.0 Å². The summed E-state index contributed by atoms with van der Waals surface area (Å²) in [5, 5.41) is 15.7. The number of fused-ring (bicyclic) bond motifs is 1. The molecule has 9 nitrogen and oxygen atoms in total. The van der Waals surface area contributed by atoms with E-state index < -0.39 is 5.97 Å². The van der Waals surface area contributed by atoms with E-state index in [1.807, 2.05) is 4.68 Å². The van der Waals surface area contributed by atoms with Crippen LogP contribution in [-0.2, 0) is 10.2 Å². The molecule has 3 aromatic rings. The first-order valence-corrected chi connectivity index (χ1v) is 11.6. The molecule has 1 aliphatic carbocycles. The minimum Gasteiger partial charge on any atom is -0.477 e. The number of aromatic nitrogens is 5. The Morgan fingerprint density at radius 3 is 2.39 bits per heavy atom. The third-order valence-electron chi connectivity index (χ3n) is 6.51. The first kappa shape index (κ1) is 21.8. The molecule has 0 bridgehead atoms. The first-order chi connectivity index (χ1) is 15.8. The van der Waals surface area contributed by atoms with Crippen LogP contribution in [0.3, 0.4) is 0 Å². The van der Waals surface area contributed by atoms with Crippen molar-refractivity contribution in [3.05, 3.63) is 29.8 Å². The standard InChI is InChI=1S/C24H30N6O3/c1-24(2,3)20-19-17(15-13-25-23(26-14-15)29-8-10-33-11-9-29)12-18(22(31)32)27-21(19)30(28-20)16-6-4-5-7-16/h12-14,16H,4-11H2,1-3H3,(H,31,32). The van der Waals surface area contributed by atoms with Gasteiger partial charge < -0.3 is 14.7 Å². The van der Waals surface area contributed by atoms with Gasteiger partial charge in [-0.1, -0.05) is 33.6 Å². The van der Waals surface area contributed by atoms with Gasteiger partial charge in [0.1, 0.15) is 0 Å². The molecule has 0 unspecified atom stereocenters. The van der Waals surface area contributed by atoms with Gasteiger partial charge in [0.2, 0.25) is 5.95 Å². The first-order valence-electron chi connectivity index (χ1n) is 11.6. The number of hydrogen-bond donors (Lipinski definition) is 1. The summed E-state index contributed by atoms with van der Waals surface area (Å²) < 4.78 is 7.39. The molecule has 2 fully saturated rings. The van der Waals surface area contributed by atoms with Crippen molar-refractivity contribution in [1.82, 2.24) is 24.7 Å². The van der Waals surface area contributed by atoms with Crippen LogP contribution in [0.2, 0.25) is 0 Å². The van der Waals surface area contributed by atoms with E-state index in [1.165, 1.54) is 0 Å². The van der Waals surface area contributed by atoms with Crippen LogP contribution in [0.25, 0.3) is 22.2 Å². The van der Waals surface area contributed by atoms with Crippen molar-refractivity contribution in [2.24, 2.45) is 0 Å². The Balaban J connectivity index is 1.69. The van der Waals surface area contributed by atoms with Gasteiger partial charge in [0.05, 0.1) is 30.3 Å². The summed E-state index contributed by atoms with van der Waals surface area (Å²) in [6.07, 6.45) is 7.92. The number of rotatable bonds is 4. The summed E-state index contributed by atoms with van der Waals surface area (Å²) in [5.74, 6) is -0.399. The third-order valence-corrected chi connectivity index (χ3v) is 6.51. The molecular formula is C24H30N6O3. The van der Waals surface area contributed by atoms with Crippen LogP contribution in [0.4, 0.5) is 5.95 Å². The number of ether oxygens (including phenoxy) is 1. The Labute approximate surface area is 192 Å². The van der Waals surface area contributed by atoms with Gasteiger partial charge in [-0.15, -0.1) is 0 Å². The van der Waals surface area contributed by atoms with E-state index >= 15 is 0 Å². The van der Waals surface area contributed by atoms with Gasteiger partial charge in [-0.2, -0.15) is 5.10 Å². The molecule has 3 aromatic heterocycles. The maximum atomic E-state index is 12.0. The minimum absolute atomic E-state index is 0.00867. The van der Waals surface area contributed by atoms with Crippen molar-refractivity contribution in [1.29, 1.82) is 0 Å². The second-order valence-corrected chi connectivity index (χ2v) is 9.91. The van der Waals surface area contributed by atoms with Gasteiger partial charge in [0.15, 0.2) is 11.3 Å². The normalized spacial score (nSPS) is 17.7. The van der Waals surface area contributed by atoms with Crippen molar-refractivity contribution in [2.75, 3.05) is 31.2 Å². The van der Waals surface area contributed by atoms with Gasteiger partial charge in [-0.3, -0.25) is 0 Å². The molecule has 0 atom stereocenters. The molecule has 33 heavy (non-hydrogen) atoms. The number of hydrogen-bond acceptors (Lipinski definition) is 7. The molecule has 0 amide bonds. The predicted octanol–water partition coefficient (Wildman–Crippen LogP) is 3.84. The molecule has 1 N–H and O–H groups in total. The van der Waals surface area contributed by atoms with Crippen LogP contribution in [0, 0.1) is 0 Å². The lowest BCUT2D eigenvalue weighted by Crippen LogP contribution is -2.37. The highest BCUT2D eigenvalue weighted by atomic mass is 16.5. The fourth-order valence-electron chi connectivity index (χ4n) is 4.79. The monoisotopic (exact) mass is 450 g/mol. The molecule has 1 saturated heterocycles. The summed E-state index contributed by atoms with van der Waals surface area (Å²) in [6.45, 7) is 9.21. The Bertz CT molecular complexity index is 1170. The van der Waals surface area contributed by atoms with E-state index in [4.69, 9.17) is 9.84 Å². The molecule has 0 spiro atoms. The number of pyridine rings is 1. The van der Waals surface area contributed by atoms with Crippen molar-refractivity contribution in [2.45, 2.75) is 57.9 Å². The third kappa shape index (κ3) is 4.06. The van der Waals surface area contributed by atoms with Crippen molar-refractivity contribution in [3.63, 3.8) is 0 Å². The number of carboxylic acid groups (broad SMARTS) is 1. The van der Waals surface area contributed by atoms with Crippen molar-refractivity contribution < 1.29 is 14.6 Å². The zero-order valence-corrected chi connectivity index (χ0v) is 19.4. The summed E-state index contributed by atoms with van der Waals surface area (Å²) in [6, 6.07) is 1.88. The zero-order valence-electron chi connectivity index (χ0n) is 19.4. The molecule has 9 heteroatoms. The fourth-order valence-corrected chi connectivity index (χ4v) is 4.79. The van der Waals surface area contributed by atoms with E-state index in [9.17, 15) is 9.90 Å². The van der Waals surface area contributed by atoms with E-state index in [-0.39, 0.29) is 17.2 Å². The Hall–Kier alpha value is -3.07. The second kappa shape index (κ2) is 8.37. The molecule has 0 radical (unpaired) electrons. The largest absolute Gasteiger partial charge is 0.477 e. The van der Waals surface area contributed by atoms with Crippen molar-refractivity contribution in [3.8, 4) is 11.1 Å². The SMILES string of the molecule is CC(C)(C)c1nn(C2CCCC2)c2nc(C(=O)O)cc(-c3cnc(N4CCOCC4)nc3)c12. The molecule has 174 valence electrons. The molecule has 2 aliphatic rings. The summed E-state index contributed by atoms with van der Waals surface area (Å²) in [5.41, 5.74) is 2.85. The van der Waals surface area contributed by atoms with Crippen LogP contribution < -0.4 is 4.90 Å². The van der Waals surface area contributed by atoms with Gasteiger partial charge >= 0.3 is 5.97 Å². The zero-order chi connectivity index (χ0) is 23.2. The minimum atomic E-state index is -1.06. The van der Waals surface area contributed by atoms with Gasteiger partial charge in [-0.05, 0) is 18.9 Å². The van der Waals surface area contributed by atoms with E-state index in [1.54, 1.807) is 18.5 Å². The number of morpholine rings is 1. The molecule has 1 aliphatic heterocycles. The summed E-state index contributed by atoms with van der Waals surface area (Å²) >= 11 is 0. The fraction of sp³-hybridized carbons (Fsp3) is 0.542. The van der Waals surface area contributed by atoms with Gasteiger partial charge in [0, 0.05) is 42.0 Å².